The number of amides is 1. The van der Waals surface area contributed by atoms with Crippen LogP contribution >= 0.6 is 11.8 Å². The molecule has 2 aromatic rings. The number of nitrogens with zero attached hydrogens (tertiary/aromatic N) is 2. The van der Waals surface area contributed by atoms with Crippen LogP contribution in [-0.2, 0) is 10.0 Å². The lowest BCUT2D eigenvalue weighted by molar-refractivity contribution is 0.102. The smallest absolute Gasteiger partial charge is 0.258 e. The molecular weight excluding hydrogens is 406 g/mol. The third kappa shape index (κ3) is 4.82. The standard InChI is InChI=1S/C21H27N3O3S2/c1-14-12-17(29(26,27)24(3)4)13-19(15(14)2)23-20(25)18-10-7-11-22-21(18)28-16-8-5-6-9-16/h7,10-13,16H,5-6,8-9H2,1-4H3,(H,23,25). The molecule has 1 fully saturated rings. The number of aryl methyl sites for hydroxylation is 1. The van der Waals surface area contributed by atoms with Gasteiger partial charge in [-0.3, -0.25) is 4.79 Å². The largest absolute Gasteiger partial charge is 0.322 e. The van der Waals surface area contributed by atoms with Crippen LogP contribution in [0.15, 0.2) is 40.4 Å². The molecule has 0 spiro atoms. The predicted octanol–water partition coefficient (Wildman–Crippen LogP) is 4.24. The number of rotatable bonds is 6. The summed E-state index contributed by atoms with van der Waals surface area (Å²) in [6, 6.07) is 6.67. The van der Waals surface area contributed by atoms with Crippen LogP contribution in [0.1, 0.15) is 47.2 Å². The van der Waals surface area contributed by atoms with Crippen LogP contribution in [-0.4, -0.2) is 43.0 Å². The summed E-state index contributed by atoms with van der Waals surface area (Å²) in [5.41, 5.74) is 2.65. The first-order chi connectivity index (χ1) is 13.7. The summed E-state index contributed by atoms with van der Waals surface area (Å²) in [6.07, 6.45) is 6.43. The minimum Gasteiger partial charge on any atom is -0.322 e. The van der Waals surface area contributed by atoms with Gasteiger partial charge in [0.1, 0.15) is 5.03 Å². The fourth-order valence-electron chi connectivity index (χ4n) is 3.33. The van der Waals surface area contributed by atoms with E-state index in [9.17, 15) is 13.2 Å². The number of benzene rings is 1. The fraction of sp³-hybridized carbons (Fsp3) is 0.429. The van der Waals surface area contributed by atoms with Crippen molar-refractivity contribution < 1.29 is 13.2 Å². The highest BCUT2D eigenvalue weighted by Gasteiger charge is 2.23. The van der Waals surface area contributed by atoms with Gasteiger partial charge in [0.05, 0.1) is 10.5 Å². The van der Waals surface area contributed by atoms with E-state index in [1.807, 2.05) is 13.8 Å². The Hall–Kier alpha value is -1.90. The summed E-state index contributed by atoms with van der Waals surface area (Å²) in [7, 11) is -0.615. The molecule has 1 saturated carbocycles. The number of carbonyl (C=O) groups is 1. The Bertz CT molecular complexity index is 1010. The normalized spacial score (nSPS) is 15.1. The molecule has 1 aromatic carbocycles. The molecule has 3 rings (SSSR count). The zero-order valence-electron chi connectivity index (χ0n) is 17.2. The molecule has 1 amide bonds. The molecule has 1 heterocycles. The summed E-state index contributed by atoms with van der Waals surface area (Å²) < 4.78 is 26.3. The molecule has 0 saturated heterocycles. The van der Waals surface area contributed by atoms with Crippen molar-refractivity contribution in [3.8, 4) is 0 Å². The Morgan fingerprint density at radius 3 is 2.55 bits per heavy atom. The highest BCUT2D eigenvalue weighted by Crippen LogP contribution is 2.35. The number of carbonyl (C=O) groups excluding carboxylic acids is 1. The molecule has 0 radical (unpaired) electrons. The third-order valence-electron chi connectivity index (χ3n) is 5.26. The molecule has 156 valence electrons. The van der Waals surface area contributed by atoms with Crippen LogP contribution in [0.5, 0.6) is 0 Å². The van der Waals surface area contributed by atoms with Crippen molar-refractivity contribution in [2.75, 3.05) is 19.4 Å². The second kappa shape index (κ2) is 8.85. The zero-order valence-corrected chi connectivity index (χ0v) is 18.9. The third-order valence-corrected chi connectivity index (χ3v) is 8.41. The zero-order chi connectivity index (χ0) is 21.2. The van der Waals surface area contributed by atoms with Gasteiger partial charge < -0.3 is 5.32 Å². The maximum Gasteiger partial charge on any atom is 0.258 e. The number of aromatic nitrogens is 1. The van der Waals surface area contributed by atoms with Crippen molar-refractivity contribution in [2.24, 2.45) is 0 Å². The minimum atomic E-state index is -3.60. The topological polar surface area (TPSA) is 79.4 Å². The van der Waals surface area contributed by atoms with Gasteiger partial charge in [-0.15, -0.1) is 11.8 Å². The lowest BCUT2D eigenvalue weighted by Gasteiger charge is -2.17. The Morgan fingerprint density at radius 2 is 1.90 bits per heavy atom. The second-order valence-electron chi connectivity index (χ2n) is 7.53. The van der Waals surface area contributed by atoms with Gasteiger partial charge in [0.2, 0.25) is 10.0 Å². The molecule has 0 unspecified atom stereocenters. The molecule has 1 N–H and O–H groups in total. The van der Waals surface area contributed by atoms with Gasteiger partial charge in [-0.1, -0.05) is 12.8 Å². The average Bonchev–Trinajstić information content (AvgIpc) is 3.18. The molecule has 29 heavy (non-hydrogen) atoms. The number of pyridine rings is 1. The van der Waals surface area contributed by atoms with E-state index in [-0.39, 0.29) is 10.8 Å². The van der Waals surface area contributed by atoms with E-state index < -0.39 is 10.0 Å². The number of anilines is 1. The van der Waals surface area contributed by atoms with E-state index in [1.165, 1.54) is 37.3 Å². The summed E-state index contributed by atoms with van der Waals surface area (Å²) in [4.78, 5) is 17.6. The van der Waals surface area contributed by atoms with Crippen molar-refractivity contribution in [3.05, 3.63) is 47.2 Å². The molecule has 0 bridgehead atoms. The fourth-order valence-corrected chi connectivity index (χ4v) is 5.64. The first kappa shape index (κ1) is 21.8. The molecule has 0 aliphatic heterocycles. The van der Waals surface area contributed by atoms with Crippen molar-refractivity contribution in [1.82, 2.24) is 9.29 Å². The van der Waals surface area contributed by atoms with Crippen molar-refractivity contribution in [1.29, 1.82) is 0 Å². The van der Waals surface area contributed by atoms with Crippen LogP contribution in [0.4, 0.5) is 5.69 Å². The van der Waals surface area contributed by atoms with Gasteiger partial charge in [-0.05, 0) is 62.1 Å². The van der Waals surface area contributed by atoms with Crippen LogP contribution in [0.2, 0.25) is 0 Å². The van der Waals surface area contributed by atoms with E-state index in [0.717, 1.165) is 29.0 Å². The highest BCUT2D eigenvalue weighted by atomic mass is 32.2. The molecule has 8 heteroatoms. The predicted molar refractivity (Wildman–Crippen MR) is 117 cm³/mol. The number of sulfonamides is 1. The molecule has 6 nitrogen and oxygen atoms in total. The quantitative estimate of drug-likeness (QED) is 0.737. The first-order valence-electron chi connectivity index (χ1n) is 9.67. The van der Waals surface area contributed by atoms with Crippen molar-refractivity contribution in [2.45, 2.75) is 54.7 Å². The van der Waals surface area contributed by atoms with Crippen molar-refractivity contribution in [3.63, 3.8) is 0 Å². The SMILES string of the molecule is Cc1cc(S(=O)(=O)N(C)C)cc(NC(=O)c2cccnc2SC2CCCC2)c1C. The van der Waals surface area contributed by atoms with E-state index in [0.29, 0.717) is 16.5 Å². The summed E-state index contributed by atoms with van der Waals surface area (Å²) in [5, 5.41) is 4.13. The number of hydrogen-bond donors (Lipinski definition) is 1. The Balaban J connectivity index is 1.91. The maximum atomic E-state index is 13.0. The highest BCUT2D eigenvalue weighted by molar-refractivity contribution is 8.00. The van der Waals surface area contributed by atoms with E-state index in [2.05, 4.69) is 10.3 Å². The summed E-state index contributed by atoms with van der Waals surface area (Å²) >= 11 is 1.66. The number of nitrogens with one attached hydrogen (secondary N) is 1. The van der Waals surface area contributed by atoms with Gasteiger partial charge >= 0.3 is 0 Å². The molecule has 1 aromatic heterocycles. The monoisotopic (exact) mass is 433 g/mol. The van der Waals surface area contributed by atoms with Gasteiger partial charge in [-0.2, -0.15) is 0 Å². The molecule has 1 aliphatic carbocycles. The van der Waals surface area contributed by atoms with Gasteiger partial charge in [0.25, 0.3) is 5.91 Å². The van der Waals surface area contributed by atoms with Gasteiger partial charge in [0.15, 0.2) is 0 Å². The van der Waals surface area contributed by atoms with Gasteiger partial charge in [-0.25, -0.2) is 17.7 Å². The molecule has 1 aliphatic rings. The van der Waals surface area contributed by atoms with E-state index >= 15 is 0 Å². The minimum absolute atomic E-state index is 0.160. The van der Waals surface area contributed by atoms with Gasteiger partial charge in [0, 0.05) is 31.2 Å². The summed E-state index contributed by atoms with van der Waals surface area (Å²) in [5.74, 6) is -0.277. The Labute approximate surface area is 177 Å². The second-order valence-corrected chi connectivity index (χ2v) is 11.0. The Kier molecular flexibility index (Phi) is 6.65. The van der Waals surface area contributed by atoms with E-state index in [4.69, 9.17) is 0 Å². The number of hydrogen-bond acceptors (Lipinski definition) is 5. The van der Waals surface area contributed by atoms with E-state index in [1.54, 1.807) is 36.2 Å². The molecule has 0 atom stereocenters. The maximum absolute atomic E-state index is 13.0. The average molecular weight is 434 g/mol. The van der Waals surface area contributed by atoms with Crippen LogP contribution in [0.3, 0.4) is 0 Å². The van der Waals surface area contributed by atoms with Crippen LogP contribution in [0, 0.1) is 13.8 Å². The lowest BCUT2D eigenvalue weighted by atomic mass is 10.1. The summed E-state index contributed by atoms with van der Waals surface area (Å²) in [6.45, 7) is 3.71. The lowest BCUT2D eigenvalue weighted by Crippen LogP contribution is -2.23. The Morgan fingerprint density at radius 1 is 1.21 bits per heavy atom. The first-order valence-corrected chi connectivity index (χ1v) is 12.0. The number of thioether (sulfide) groups is 1. The van der Waals surface area contributed by atoms with Crippen molar-refractivity contribution >= 4 is 33.4 Å². The molecular formula is C21H27N3O3S2. The van der Waals surface area contributed by atoms with Crippen LogP contribution in [0.25, 0.3) is 0 Å². The van der Waals surface area contributed by atoms with Crippen LogP contribution < -0.4 is 5.32 Å².